The second-order valence-corrected chi connectivity index (χ2v) is 13.6. The molecule has 1 aromatic carbocycles. The SMILES string of the molecule is CO[C@H]1/C=C/O[C@@]2(C)Oc3c(C)c(O)c4c(c3C2=O)C(=O)C=C(NC(=O)/C(C)=C\C=C\[C@H](C)[C@H](OC=O)[C@@H](C)[C@@H](O)[C@@H](C)[C@H](OC(C)=O)[C@@H]1C)C4=O. The summed E-state index contributed by atoms with van der Waals surface area (Å²) in [6.45, 7) is 12.6. The summed E-state index contributed by atoms with van der Waals surface area (Å²) in [6, 6.07) is 0. The van der Waals surface area contributed by atoms with Crippen molar-refractivity contribution in [3.63, 3.8) is 0 Å². The lowest BCUT2D eigenvalue weighted by Crippen LogP contribution is -2.47. The monoisotopic (exact) mass is 723 g/mol. The van der Waals surface area contributed by atoms with Crippen LogP contribution in [0.4, 0.5) is 0 Å². The van der Waals surface area contributed by atoms with Crippen LogP contribution in [-0.4, -0.2) is 83.2 Å². The van der Waals surface area contributed by atoms with Gasteiger partial charge in [0.1, 0.15) is 23.7 Å². The first-order chi connectivity index (χ1) is 24.4. The molecule has 14 nitrogen and oxygen atoms in total. The highest BCUT2D eigenvalue weighted by Gasteiger charge is 2.51. The molecule has 3 aliphatic heterocycles. The van der Waals surface area contributed by atoms with Crippen LogP contribution in [0.5, 0.6) is 11.5 Å². The van der Waals surface area contributed by atoms with Gasteiger partial charge in [-0.2, -0.15) is 0 Å². The number of aliphatic hydroxyl groups excluding tert-OH is 1. The number of ether oxygens (including phenoxy) is 5. The van der Waals surface area contributed by atoms with Crippen LogP contribution >= 0.6 is 0 Å². The fraction of sp³-hybridized carbons (Fsp3) is 0.474. The Morgan fingerprint density at radius 3 is 2.25 bits per heavy atom. The molecule has 0 aromatic heterocycles. The van der Waals surface area contributed by atoms with Crippen LogP contribution in [0, 0.1) is 30.6 Å². The van der Waals surface area contributed by atoms with Gasteiger partial charge in [-0.25, -0.2) is 0 Å². The summed E-state index contributed by atoms with van der Waals surface area (Å²) in [7, 11) is 1.41. The Kier molecular flexibility index (Phi) is 12.0. The Balaban J connectivity index is 1.85. The summed E-state index contributed by atoms with van der Waals surface area (Å²) in [4.78, 5) is 78.1. The zero-order valence-corrected chi connectivity index (χ0v) is 30.5. The quantitative estimate of drug-likeness (QED) is 0.299. The number of benzene rings is 1. The molecule has 3 heterocycles. The van der Waals surface area contributed by atoms with Gasteiger partial charge in [0.15, 0.2) is 5.78 Å². The number of esters is 1. The van der Waals surface area contributed by atoms with Crippen molar-refractivity contribution in [1.82, 2.24) is 5.32 Å². The van der Waals surface area contributed by atoms with E-state index >= 15 is 0 Å². The zero-order chi connectivity index (χ0) is 38.8. The second kappa shape index (κ2) is 15.7. The van der Waals surface area contributed by atoms with E-state index in [-0.39, 0.29) is 34.5 Å². The van der Waals surface area contributed by atoms with Gasteiger partial charge in [-0.05, 0) is 19.9 Å². The molecule has 0 radical (unpaired) electrons. The van der Waals surface area contributed by atoms with Gasteiger partial charge in [-0.15, -0.1) is 0 Å². The number of carbonyl (C=O) groups excluding carboxylic acids is 6. The third kappa shape index (κ3) is 7.44. The predicted octanol–water partition coefficient (Wildman–Crippen LogP) is 3.81. The Hall–Kier alpha value is -5.08. The molecule has 0 unspecified atom stereocenters. The van der Waals surface area contributed by atoms with Crippen LogP contribution in [0.3, 0.4) is 0 Å². The molecule has 1 aliphatic carbocycles. The highest BCUT2D eigenvalue weighted by molar-refractivity contribution is 6.30. The lowest BCUT2D eigenvalue weighted by molar-refractivity contribution is -0.162. The fourth-order valence-electron chi connectivity index (χ4n) is 6.92. The van der Waals surface area contributed by atoms with Crippen LogP contribution < -0.4 is 10.1 Å². The van der Waals surface area contributed by atoms with Gasteiger partial charge < -0.3 is 39.2 Å². The van der Waals surface area contributed by atoms with Crippen molar-refractivity contribution in [2.45, 2.75) is 85.6 Å². The molecule has 52 heavy (non-hydrogen) atoms. The molecule has 14 heteroatoms. The zero-order valence-electron chi connectivity index (χ0n) is 30.5. The molecule has 5 rings (SSSR count). The van der Waals surface area contributed by atoms with E-state index < -0.39 is 100 Å². The number of allylic oxidation sites excluding steroid dienone is 4. The van der Waals surface area contributed by atoms with E-state index in [0.29, 0.717) is 0 Å². The van der Waals surface area contributed by atoms with Gasteiger partial charge in [0.25, 0.3) is 18.2 Å². The third-order valence-corrected chi connectivity index (χ3v) is 9.97. The van der Waals surface area contributed by atoms with Crippen molar-refractivity contribution in [2.75, 3.05) is 7.11 Å². The van der Waals surface area contributed by atoms with Crippen LogP contribution in [-0.2, 0) is 33.3 Å². The van der Waals surface area contributed by atoms with Crippen LogP contribution in [0.2, 0.25) is 0 Å². The first kappa shape index (κ1) is 39.7. The normalized spacial score (nSPS) is 33.4. The van der Waals surface area contributed by atoms with E-state index in [4.69, 9.17) is 23.7 Å². The number of aromatic hydroxyl groups is 1. The van der Waals surface area contributed by atoms with Crippen molar-refractivity contribution < 1.29 is 62.7 Å². The smallest absolute Gasteiger partial charge is 0.312 e. The summed E-state index contributed by atoms with van der Waals surface area (Å²) in [5, 5.41) is 25.1. The maximum atomic E-state index is 13.9. The molecular weight excluding hydrogens is 678 g/mol. The van der Waals surface area contributed by atoms with Crippen LogP contribution in [0.15, 0.2) is 47.9 Å². The summed E-state index contributed by atoms with van der Waals surface area (Å²) in [6.07, 6.45) is 4.40. The van der Waals surface area contributed by atoms with Crippen molar-refractivity contribution in [3.8, 4) is 11.5 Å². The largest absolute Gasteiger partial charge is 0.507 e. The maximum Gasteiger partial charge on any atom is 0.312 e. The molecule has 4 aliphatic rings. The van der Waals surface area contributed by atoms with E-state index in [1.54, 1.807) is 39.8 Å². The molecule has 0 spiro atoms. The van der Waals surface area contributed by atoms with Gasteiger partial charge in [-0.3, -0.25) is 28.8 Å². The Morgan fingerprint density at radius 2 is 1.63 bits per heavy atom. The predicted molar refractivity (Wildman–Crippen MR) is 184 cm³/mol. The van der Waals surface area contributed by atoms with Crippen molar-refractivity contribution >= 4 is 35.7 Å². The van der Waals surface area contributed by atoms with Crippen LogP contribution in [0.1, 0.15) is 85.1 Å². The Labute approximate surface area is 301 Å². The Morgan fingerprint density at radius 1 is 0.981 bits per heavy atom. The van der Waals surface area contributed by atoms with E-state index in [1.165, 1.54) is 47.0 Å². The topological polar surface area (TPSA) is 201 Å². The lowest BCUT2D eigenvalue weighted by Gasteiger charge is -2.38. The van der Waals surface area contributed by atoms with Crippen LogP contribution in [0.25, 0.3) is 0 Å². The number of amides is 1. The summed E-state index contributed by atoms with van der Waals surface area (Å²) < 4.78 is 28.6. The fourth-order valence-corrected chi connectivity index (χ4v) is 6.92. The number of phenols is 1. The lowest BCUT2D eigenvalue weighted by atomic mass is 9.78. The number of aliphatic hydroxyl groups is 1. The molecule has 3 N–H and O–H groups in total. The number of Topliss-reactive ketones (excluding diaryl/α,β-unsaturated/α-hetero) is 2. The van der Waals surface area contributed by atoms with Crippen molar-refractivity contribution in [3.05, 3.63) is 70.2 Å². The van der Waals surface area contributed by atoms with Gasteiger partial charge >= 0.3 is 11.8 Å². The van der Waals surface area contributed by atoms with E-state index in [9.17, 15) is 39.0 Å². The average molecular weight is 724 g/mol. The molecule has 0 fully saturated rings. The third-order valence-electron chi connectivity index (χ3n) is 9.97. The number of nitrogens with one attached hydrogen (secondary N) is 1. The van der Waals surface area contributed by atoms with E-state index in [2.05, 4.69) is 5.32 Å². The number of rotatable bonds is 4. The molecule has 280 valence electrons. The average Bonchev–Trinajstić information content (AvgIpc) is 3.36. The molecule has 1 amide bonds. The number of fused-ring (bicyclic) bond motifs is 14. The van der Waals surface area contributed by atoms with Crippen molar-refractivity contribution in [1.29, 1.82) is 0 Å². The first-order valence-corrected chi connectivity index (χ1v) is 16.8. The number of phenolic OH excluding ortho intramolecular Hbond substituents is 1. The molecular formula is C38H45NO13. The number of hydrogen-bond acceptors (Lipinski definition) is 13. The minimum absolute atomic E-state index is 0.000707. The summed E-state index contributed by atoms with van der Waals surface area (Å²) >= 11 is 0. The molecule has 5 bridgehead atoms. The number of methoxy groups -OCH3 is 1. The van der Waals surface area contributed by atoms with E-state index in [0.717, 1.165) is 12.3 Å². The van der Waals surface area contributed by atoms with Crippen molar-refractivity contribution in [2.24, 2.45) is 23.7 Å². The second-order valence-electron chi connectivity index (χ2n) is 13.6. The van der Waals surface area contributed by atoms with Gasteiger partial charge in [0.2, 0.25) is 5.78 Å². The first-order valence-electron chi connectivity index (χ1n) is 16.8. The number of hydrogen-bond donors (Lipinski definition) is 3. The minimum atomic E-state index is -2.05. The van der Waals surface area contributed by atoms with E-state index in [1.807, 2.05) is 0 Å². The molecule has 1 aromatic rings. The van der Waals surface area contributed by atoms with Gasteiger partial charge in [-0.1, -0.05) is 45.9 Å². The van der Waals surface area contributed by atoms with Gasteiger partial charge in [0.05, 0.1) is 40.9 Å². The number of ketones is 3. The molecule has 0 saturated carbocycles. The standard InChI is InChI=1S/C38H45NO13/c1-17-11-10-12-18(2)37(47)39-24-15-25(42)27-28(32(24)45)31(44)22(6)35-29(27)36(46)38(8,52-35)50-14-13-26(48-9)19(3)34(51-23(7)41)21(5)30(43)20(4)33(17)49-16-40/h10-17,19-21,26,30,33-34,43-44H,1-9H3,(H,39,47)/b11-10+,14-13+,18-12-/t17-,19+,20-,21+,26-,30+,33-,34+,38-/m0/s1. The Bertz CT molecular complexity index is 1790. The highest BCUT2D eigenvalue weighted by Crippen LogP contribution is 2.48. The number of carbonyl (C=O) groups is 6. The molecule has 9 atom stereocenters. The minimum Gasteiger partial charge on any atom is -0.507 e. The highest BCUT2D eigenvalue weighted by atomic mass is 16.7. The summed E-state index contributed by atoms with van der Waals surface area (Å²) in [5.74, 6) is -9.14. The summed E-state index contributed by atoms with van der Waals surface area (Å²) in [5.41, 5.74) is -1.39. The maximum absolute atomic E-state index is 13.9. The van der Waals surface area contributed by atoms with Gasteiger partial charge in [0, 0.05) is 61.8 Å². The molecule has 0 saturated heterocycles.